The van der Waals surface area contributed by atoms with E-state index in [1.807, 2.05) is 24.3 Å². The van der Waals surface area contributed by atoms with Crippen LogP contribution in [0.2, 0.25) is 0 Å². The van der Waals surface area contributed by atoms with Gasteiger partial charge in [-0.2, -0.15) is 0 Å². The van der Waals surface area contributed by atoms with Crippen molar-refractivity contribution < 1.29 is 19.0 Å². The fraction of sp³-hybridized carbons (Fsp3) is 0.235. The number of rotatable bonds is 6. The van der Waals surface area contributed by atoms with Crippen LogP contribution in [0.25, 0.3) is 0 Å². The van der Waals surface area contributed by atoms with E-state index >= 15 is 0 Å². The Hall–Kier alpha value is -2.69. The van der Waals surface area contributed by atoms with E-state index in [0.717, 1.165) is 11.3 Å². The van der Waals surface area contributed by atoms with Crippen LogP contribution in [-0.4, -0.2) is 27.2 Å². The average molecular weight is 301 g/mol. The highest BCUT2D eigenvalue weighted by Crippen LogP contribution is 2.29. The normalized spacial score (nSPS) is 9.95. The molecule has 0 saturated carbocycles. The first-order valence-electron chi connectivity index (χ1n) is 6.81. The van der Waals surface area contributed by atoms with Gasteiger partial charge in [-0.25, -0.2) is 0 Å². The summed E-state index contributed by atoms with van der Waals surface area (Å²) in [6, 6.07) is 12.7. The molecule has 2 rings (SSSR count). The lowest BCUT2D eigenvalue weighted by atomic mass is 10.1. The van der Waals surface area contributed by atoms with E-state index in [-0.39, 0.29) is 5.91 Å². The van der Waals surface area contributed by atoms with Crippen molar-refractivity contribution in [3.8, 4) is 17.2 Å². The Labute approximate surface area is 129 Å². The highest BCUT2D eigenvalue weighted by Gasteiger charge is 2.08. The summed E-state index contributed by atoms with van der Waals surface area (Å²) < 4.78 is 15.5. The fourth-order valence-electron chi connectivity index (χ4n) is 2.05. The zero-order chi connectivity index (χ0) is 15.9. The molecule has 0 radical (unpaired) electrons. The first kappa shape index (κ1) is 15.7. The van der Waals surface area contributed by atoms with Crippen molar-refractivity contribution in [2.24, 2.45) is 0 Å². The molecule has 0 heterocycles. The van der Waals surface area contributed by atoms with Crippen LogP contribution >= 0.6 is 0 Å². The van der Waals surface area contributed by atoms with Gasteiger partial charge >= 0.3 is 0 Å². The van der Waals surface area contributed by atoms with Gasteiger partial charge in [0, 0.05) is 11.8 Å². The summed E-state index contributed by atoms with van der Waals surface area (Å²) >= 11 is 0. The number of nitrogens with one attached hydrogen (secondary N) is 1. The van der Waals surface area contributed by atoms with Crippen molar-refractivity contribution >= 4 is 11.6 Å². The van der Waals surface area contributed by atoms with Crippen LogP contribution in [0.4, 0.5) is 5.69 Å². The number of anilines is 1. The van der Waals surface area contributed by atoms with Gasteiger partial charge < -0.3 is 19.5 Å². The second-order valence-corrected chi connectivity index (χ2v) is 4.64. The molecule has 0 aliphatic carbocycles. The molecule has 116 valence electrons. The Balaban J connectivity index is 2.02. The smallest absolute Gasteiger partial charge is 0.228 e. The van der Waals surface area contributed by atoms with Gasteiger partial charge in [0.15, 0.2) is 11.5 Å². The third kappa shape index (κ3) is 3.91. The Bertz CT molecular complexity index is 638. The first-order valence-corrected chi connectivity index (χ1v) is 6.81. The number of amides is 1. The van der Waals surface area contributed by atoms with E-state index in [9.17, 15) is 4.79 Å². The van der Waals surface area contributed by atoms with E-state index < -0.39 is 0 Å². The summed E-state index contributed by atoms with van der Waals surface area (Å²) in [5.41, 5.74) is 1.58. The number of carbonyl (C=O) groups excluding carboxylic acids is 1. The lowest BCUT2D eigenvalue weighted by Gasteiger charge is -2.10. The Morgan fingerprint density at radius 1 is 0.909 bits per heavy atom. The van der Waals surface area contributed by atoms with Crippen molar-refractivity contribution in [3.63, 3.8) is 0 Å². The molecule has 5 nitrogen and oxygen atoms in total. The van der Waals surface area contributed by atoms with Crippen LogP contribution in [0.15, 0.2) is 42.5 Å². The maximum atomic E-state index is 12.1. The molecule has 0 saturated heterocycles. The maximum absolute atomic E-state index is 12.1. The van der Waals surface area contributed by atoms with Crippen LogP contribution in [-0.2, 0) is 11.2 Å². The standard InChI is InChI=1S/C17H19NO4/c1-20-14-7-4-12(5-8-14)10-17(19)18-13-6-9-15(21-2)16(11-13)22-3/h4-9,11H,10H2,1-3H3,(H,18,19). The van der Waals surface area contributed by atoms with Crippen molar-refractivity contribution in [2.75, 3.05) is 26.6 Å². The van der Waals surface area contributed by atoms with E-state index in [2.05, 4.69) is 5.32 Å². The van der Waals surface area contributed by atoms with Gasteiger partial charge in [0.05, 0.1) is 27.8 Å². The summed E-state index contributed by atoms with van der Waals surface area (Å²) in [6.45, 7) is 0. The SMILES string of the molecule is COc1ccc(CC(=O)Nc2ccc(OC)c(OC)c2)cc1. The number of methoxy groups -OCH3 is 3. The molecule has 0 aliphatic heterocycles. The number of carbonyl (C=O) groups is 1. The van der Waals surface area contributed by atoms with Crippen molar-refractivity contribution in [3.05, 3.63) is 48.0 Å². The molecule has 0 aliphatic rings. The van der Waals surface area contributed by atoms with Gasteiger partial charge in [0.2, 0.25) is 5.91 Å². The number of hydrogen-bond acceptors (Lipinski definition) is 4. The highest BCUT2D eigenvalue weighted by molar-refractivity contribution is 5.92. The zero-order valence-electron chi connectivity index (χ0n) is 12.9. The molecule has 2 aromatic rings. The molecule has 1 amide bonds. The van der Waals surface area contributed by atoms with Crippen LogP contribution in [0, 0.1) is 0 Å². The Morgan fingerprint density at radius 3 is 2.18 bits per heavy atom. The highest BCUT2D eigenvalue weighted by atomic mass is 16.5. The molecule has 0 bridgehead atoms. The maximum Gasteiger partial charge on any atom is 0.228 e. The summed E-state index contributed by atoms with van der Waals surface area (Å²) in [5, 5.41) is 2.84. The second-order valence-electron chi connectivity index (χ2n) is 4.64. The van der Waals surface area contributed by atoms with Gasteiger partial charge in [0.25, 0.3) is 0 Å². The lowest BCUT2D eigenvalue weighted by molar-refractivity contribution is -0.115. The minimum atomic E-state index is -0.0996. The molecule has 0 unspecified atom stereocenters. The molecule has 2 aromatic carbocycles. The number of ether oxygens (including phenoxy) is 3. The molecule has 0 spiro atoms. The monoisotopic (exact) mass is 301 g/mol. The van der Waals surface area contributed by atoms with Crippen LogP contribution < -0.4 is 19.5 Å². The van der Waals surface area contributed by atoms with E-state index in [4.69, 9.17) is 14.2 Å². The fourth-order valence-corrected chi connectivity index (χ4v) is 2.05. The quantitative estimate of drug-likeness (QED) is 0.891. The van der Waals surface area contributed by atoms with Gasteiger partial charge in [-0.1, -0.05) is 12.1 Å². The zero-order valence-corrected chi connectivity index (χ0v) is 12.9. The topological polar surface area (TPSA) is 56.8 Å². The van der Waals surface area contributed by atoms with Crippen molar-refractivity contribution in [1.29, 1.82) is 0 Å². The predicted octanol–water partition coefficient (Wildman–Crippen LogP) is 2.89. The van der Waals surface area contributed by atoms with E-state index in [0.29, 0.717) is 23.6 Å². The molecule has 5 heteroatoms. The van der Waals surface area contributed by atoms with Crippen LogP contribution in [0.5, 0.6) is 17.2 Å². The first-order chi connectivity index (χ1) is 10.7. The van der Waals surface area contributed by atoms with E-state index in [1.54, 1.807) is 39.5 Å². The molecular weight excluding hydrogens is 282 g/mol. The molecular formula is C17H19NO4. The van der Waals surface area contributed by atoms with Gasteiger partial charge in [0.1, 0.15) is 5.75 Å². The molecule has 1 N–H and O–H groups in total. The Morgan fingerprint density at radius 2 is 1.59 bits per heavy atom. The van der Waals surface area contributed by atoms with Gasteiger partial charge in [-0.3, -0.25) is 4.79 Å². The van der Waals surface area contributed by atoms with E-state index in [1.165, 1.54) is 0 Å². The van der Waals surface area contributed by atoms with Crippen LogP contribution in [0.1, 0.15) is 5.56 Å². The lowest BCUT2D eigenvalue weighted by Crippen LogP contribution is -2.14. The summed E-state index contributed by atoms with van der Waals surface area (Å²) in [5.74, 6) is 1.86. The summed E-state index contributed by atoms with van der Waals surface area (Å²) in [6.07, 6.45) is 0.290. The molecule has 0 atom stereocenters. The second kappa shape index (κ2) is 7.36. The van der Waals surface area contributed by atoms with Gasteiger partial charge in [-0.05, 0) is 29.8 Å². The summed E-state index contributed by atoms with van der Waals surface area (Å²) in [7, 11) is 4.74. The average Bonchev–Trinajstić information content (AvgIpc) is 2.55. The third-order valence-electron chi connectivity index (χ3n) is 3.19. The van der Waals surface area contributed by atoms with Crippen LogP contribution in [0.3, 0.4) is 0 Å². The minimum absolute atomic E-state index is 0.0996. The Kier molecular flexibility index (Phi) is 5.25. The van der Waals surface area contributed by atoms with Gasteiger partial charge in [-0.15, -0.1) is 0 Å². The predicted molar refractivity (Wildman–Crippen MR) is 84.9 cm³/mol. The minimum Gasteiger partial charge on any atom is -0.497 e. The molecule has 0 aromatic heterocycles. The molecule has 0 fully saturated rings. The summed E-state index contributed by atoms with van der Waals surface area (Å²) in [4.78, 5) is 12.1. The van der Waals surface area contributed by atoms with Crippen molar-refractivity contribution in [1.82, 2.24) is 0 Å². The molecule has 22 heavy (non-hydrogen) atoms. The third-order valence-corrected chi connectivity index (χ3v) is 3.19. The van der Waals surface area contributed by atoms with Crippen molar-refractivity contribution in [2.45, 2.75) is 6.42 Å². The largest absolute Gasteiger partial charge is 0.497 e. The number of hydrogen-bond donors (Lipinski definition) is 1. The number of benzene rings is 2.